The number of hydrogen-bond acceptors (Lipinski definition) is 2. The molecule has 1 atom stereocenters. The van der Waals surface area contributed by atoms with Crippen LogP contribution in [0.4, 0.5) is 4.39 Å². The molecule has 0 bridgehead atoms. The number of Topliss-reactive ketones (excluding diaryl/α,β-unsaturated/α-hetero) is 1. The third kappa shape index (κ3) is 3.52. The van der Waals surface area contributed by atoms with E-state index in [-0.39, 0.29) is 17.5 Å². The SMILES string of the molecule is CN(C)CC(=O)C(c1ccccc1)c1ccc(F)cc1. The van der Waals surface area contributed by atoms with Gasteiger partial charge in [0.15, 0.2) is 5.78 Å². The highest BCUT2D eigenvalue weighted by molar-refractivity contribution is 5.90. The zero-order chi connectivity index (χ0) is 14.5. The van der Waals surface area contributed by atoms with Gasteiger partial charge in [-0.3, -0.25) is 4.79 Å². The first-order valence-electron chi connectivity index (χ1n) is 6.56. The van der Waals surface area contributed by atoms with Crippen molar-refractivity contribution in [1.82, 2.24) is 4.90 Å². The molecule has 0 radical (unpaired) electrons. The molecule has 0 N–H and O–H groups in total. The van der Waals surface area contributed by atoms with Gasteiger partial charge in [-0.15, -0.1) is 0 Å². The largest absolute Gasteiger partial charge is 0.302 e. The van der Waals surface area contributed by atoms with Gasteiger partial charge >= 0.3 is 0 Å². The highest BCUT2D eigenvalue weighted by Crippen LogP contribution is 2.26. The summed E-state index contributed by atoms with van der Waals surface area (Å²) in [7, 11) is 3.73. The number of carbonyl (C=O) groups is 1. The molecule has 0 aliphatic carbocycles. The molecule has 0 aliphatic rings. The molecule has 0 amide bonds. The lowest BCUT2D eigenvalue weighted by atomic mass is 9.87. The Morgan fingerprint density at radius 2 is 1.55 bits per heavy atom. The maximum absolute atomic E-state index is 13.1. The second kappa shape index (κ2) is 6.44. The molecule has 3 heteroatoms. The molecular formula is C17H18FNO. The first-order chi connectivity index (χ1) is 9.58. The summed E-state index contributed by atoms with van der Waals surface area (Å²) in [6.45, 7) is 0.358. The van der Waals surface area contributed by atoms with Gasteiger partial charge in [0.1, 0.15) is 5.82 Å². The average Bonchev–Trinajstić information content (AvgIpc) is 2.42. The van der Waals surface area contributed by atoms with Gasteiger partial charge in [0.25, 0.3) is 0 Å². The number of rotatable bonds is 5. The smallest absolute Gasteiger partial charge is 0.158 e. The third-order valence-corrected chi connectivity index (χ3v) is 3.13. The lowest BCUT2D eigenvalue weighted by Crippen LogP contribution is -2.27. The van der Waals surface area contributed by atoms with Crippen molar-refractivity contribution in [2.24, 2.45) is 0 Å². The van der Waals surface area contributed by atoms with E-state index < -0.39 is 0 Å². The minimum atomic E-state index is -0.348. The number of halogens is 1. The van der Waals surface area contributed by atoms with Crippen LogP contribution in [-0.2, 0) is 4.79 Å². The topological polar surface area (TPSA) is 20.3 Å². The summed E-state index contributed by atoms with van der Waals surface area (Å²) in [6, 6.07) is 15.8. The van der Waals surface area contributed by atoms with Crippen molar-refractivity contribution in [3.8, 4) is 0 Å². The predicted molar refractivity (Wildman–Crippen MR) is 78.2 cm³/mol. The Kier molecular flexibility index (Phi) is 4.64. The predicted octanol–water partition coefficient (Wildman–Crippen LogP) is 3.09. The summed E-state index contributed by atoms with van der Waals surface area (Å²) in [6.07, 6.45) is 0. The zero-order valence-electron chi connectivity index (χ0n) is 11.7. The van der Waals surface area contributed by atoms with Crippen LogP contribution < -0.4 is 0 Å². The van der Waals surface area contributed by atoms with Crippen molar-refractivity contribution in [3.63, 3.8) is 0 Å². The number of hydrogen-bond donors (Lipinski definition) is 0. The summed E-state index contributed by atoms with van der Waals surface area (Å²) in [5, 5.41) is 0. The molecule has 104 valence electrons. The maximum Gasteiger partial charge on any atom is 0.158 e. The fourth-order valence-electron chi connectivity index (χ4n) is 2.27. The van der Waals surface area contributed by atoms with Crippen molar-refractivity contribution in [1.29, 1.82) is 0 Å². The van der Waals surface area contributed by atoms with Crippen LogP contribution in [0.1, 0.15) is 17.0 Å². The normalized spacial score (nSPS) is 12.4. The van der Waals surface area contributed by atoms with E-state index in [4.69, 9.17) is 0 Å². The second-order valence-corrected chi connectivity index (χ2v) is 5.10. The summed E-state index contributed by atoms with van der Waals surface area (Å²) >= 11 is 0. The van der Waals surface area contributed by atoms with Gasteiger partial charge in [0.2, 0.25) is 0 Å². The molecule has 2 nitrogen and oxygen atoms in total. The Morgan fingerprint density at radius 1 is 1.00 bits per heavy atom. The van der Waals surface area contributed by atoms with Gasteiger partial charge in [0.05, 0.1) is 12.5 Å². The van der Waals surface area contributed by atoms with Crippen molar-refractivity contribution < 1.29 is 9.18 Å². The average molecular weight is 271 g/mol. The van der Waals surface area contributed by atoms with Crippen LogP contribution in [0.25, 0.3) is 0 Å². The van der Waals surface area contributed by atoms with Crippen molar-refractivity contribution in [2.75, 3.05) is 20.6 Å². The lowest BCUT2D eigenvalue weighted by molar-refractivity contribution is -0.120. The molecule has 0 fully saturated rings. The van der Waals surface area contributed by atoms with Gasteiger partial charge in [-0.25, -0.2) is 4.39 Å². The van der Waals surface area contributed by atoms with E-state index in [0.29, 0.717) is 6.54 Å². The van der Waals surface area contributed by atoms with E-state index >= 15 is 0 Å². The van der Waals surface area contributed by atoms with Crippen LogP contribution >= 0.6 is 0 Å². The van der Waals surface area contributed by atoms with Crippen LogP contribution in [0.2, 0.25) is 0 Å². The Hall–Kier alpha value is -2.00. The molecule has 0 saturated carbocycles. The first-order valence-corrected chi connectivity index (χ1v) is 6.56. The number of nitrogens with zero attached hydrogens (tertiary/aromatic N) is 1. The van der Waals surface area contributed by atoms with E-state index in [1.165, 1.54) is 12.1 Å². The molecule has 0 spiro atoms. The fourth-order valence-corrected chi connectivity index (χ4v) is 2.27. The standard InChI is InChI=1S/C17H18FNO/c1-19(2)12-16(20)17(13-6-4-3-5-7-13)14-8-10-15(18)11-9-14/h3-11,17H,12H2,1-2H3. The Labute approximate surface area is 118 Å². The van der Waals surface area contributed by atoms with Crippen molar-refractivity contribution in [3.05, 3.63) is 71.5 Å². The van der Waals surface area contributed by atoms with Crippen molar-refractivity contribution in [2.45, 2.75) is 5.92 Å². The van der Waals surface area contributed by atoms with Crippen LogP contribution in [0.3, 0.4) is 0 Å². The Morgan fingerprint density at radius 3 is 2.10 bits per heavy atom. The minimum Gasteiger partial charge on any atom is -0.302 e. The molecule has 20 heavy (non-hydrogen) atoms. The minimum absolute atomic E-state index is 0.104. The van der Waals surface area contributed by atoms with Crippen molar-refractivity contribution >= 4 is 5.78 Å². The van der Waals surface area contributed by atoms with E-state index in [9.17, 15) is 9.18 Å². The number of benzene rings is 2. The van der Waals surface area contributed by atoms with Crippen LogP contribution in [0.15, 0.2) is 54.6 Å². The van der Waals surface area contributed by atoms with E-state index in [1.54, 1.807) is 12.1 Å². The third-order valence-electron chi connectivity index (χ3n) is 3.13. The summed E-state index contributed by atoms with van der Waals surface area (Å²) in [5.41, 5.74) is 1.76. The summed E-state index contributed by atoms with van der Waals surface area (Å²) < 4.78 is 13.1. The van der Waals surface area contributed by atoms with Gasteiger partial charge in [0, 0.05) is 0 Å². The molecule has 2 aromatic rings. The van der Waals surface area contributed by atoms with Crippen LogP contribution in [-0.4, -0.2) is 31.3 Å². The van der Waals surface area contributed by atoms with Gasteiger partial charge in [-0.1, -0.05) is 42.5 Å². The number of likely N-dealkylation sites (N-methyl/N-ethyl adjacent to an activating group) is 1. The molecule has 0 aliphatic heterocycles. The van der Waals surface area contributed by atoms with E-state index in [1.807, 2.05) is 49.3 Å². The highest BCUT2D eigenvalue weighted by atomic mass is 19.1. The number of carbonyl (C=O) groups excluding carboxylic acids is 1. The molecule has 2 aromatic carbocycles. The van der Waals surface area contributed by atoms with E-state index in [2.05, 4.69) is 0 Å². The monoisotopic (exact) mass is 271 g/mol. The van der Waals surface area contributed by atoms with Gasteiger partial charge < -0.3 is 4.90 Å². The molecule has 0 heterocycles. The van der Waals surface area contributed by atoms with Crippen LogP contribution in [0.5, 0.6) is 0 Å². The Bertz CT molecular complexity index is 563. The first kappa shape index (κ1) is 14.4. The zero-order valence-corrected chi connectivity index (χ0v) is 11.7. The molecule has 0 saturated heterocycles. The van der Waals surface area contributed by atoms with Gasteiger partial charge in [-0.2, -0.15) is 0 Å². The quantitative estimate of drug-likeness (QED) is 0.833. The van der Waals surface area contributed by atoms with Crippen LogP contribution in [0, 0.1) is 5.82 Å². The number of ketones is 1. The summed E-state index contributed by atoms with van der Waals surface area (Å²) in [4.78, 5) is 14.4. The van der Waals surface area contributed by atoms with Gasteiger partial charge in [-0.05, 0) is 37.4 Å². The maximum atomic E-state index is 13.1. The fraction of sp³-hybridized carbons (Fsp3) is 0.235. The highest BCUT2D eigenvalue weighted by Gasteiger charge is 2.22. The Balaban J connectivity index is 2.39. The summed E-state index contributed by atoms with van der Waals surface area (Å²) in [5.74, 6) is -0.535. The molecule has 2 rings (SSSR count). The molecular weight excluding hydrogens is 253 g/mol. The lowest BCUT2D eigenvalue weighted by Gasteiger charge is -2.19. The molecule has 0 aromatic heterocycles. The van der Waals surface area contributed by atoms with E-state index in [0.717, 1.165) is 11.1 Å². The second-order valence-electron chi connectivity index (χ2n) is 5.10. The molecule has 1 unspecified atom stereocenters.